The van der Waals surface area contributed by atoms with Gasteiger partial charge in [0.05, 0.1) is 22.7 Å². The monoisotopic (exact) mass is 333 g/mol. The molecule has 6 nitrogen and oxygen atoms in total. The Morgan fingerprint density at radius 2 is 2.00 bits per heavy atom. The third-order valence-corrected chi connectivity index (χ3v) is 5.99. The lowest BCUT2D eigenvalue weighted by Gasteiger charge is -2.23. The van der Waals surface area contributed by atoms with Crippen LogP contribution in [0.3, 0.4) is 0 Å². The fourth-order valence-corrected chi connectivity index (χ4v) is 4.85. The Bertz CT molecular complexity index is 840. The Balaban J connectivity index is 1.75. The zero-order valence-electron chi connectivity index (χ0n) is 13.1. The largest absolute Gasteiger partial charge is 0.345 e. The Labute approximate surface area is 135 Å². The Morgan fingerprint density at radius 3 is 2.61 bits per heavy atom. The van der Waals surface area contributed by atoms with Crippen LogP contribution in [-0.2, 0) is 9.84 Å². The second kappa shape index (κ2) is 5.49. The minimum absolute atomic E-state index is 0.0231. The third-order valence-electron chi connectivity index (χ3n) is 4.09. The van der Waals surface area contributed by atoms with Crippen LogP contribution in [0.2, 0.25) is 0 Å². The number of rotatable bonds is 3. The van der Waals surface area contributed by atoms with Crippen molar-refractivity contribution >= 4 is 15.7 Å². The third kappa shape index (κ3) is 3.44. The molecule has 7 heteroatoms. The number of carbonyl (C=O) groups excluding carboxylic acids is 1. The van der Waals surface area contributed by atoms with E-state index in [-0.39, 0.29) is 17.4 Å². The number of carbonyl (C=O) groups is 1. The number of hydrogen-bond acceptors (Lipinski definition) is 4. The van der Waals surface area contributed by atoms with Crippen LogP contribution in [0.1, 0.15) is 29.4 Å². The van der Waals surface area contributed by atoms with Crippen LogP contribution >= 0.6 is 0 Å². The van der Waals surface area contributed by atoms with Crippen LogP contribution in [0.15, 0.2) is 30.3 Å². The molecule has 1 fully saturated rings. The van der Waals surface area contributed by atoms with Gasteiger partial charge >= 0.3 is 0 Å². The van der Waals surface area contributed by atoms with E-state index in [0.29, 0.717) is 17.8 Å². The lowest BCUT2D eigenvalue weighted by molar-refractivity contribution is 0.0910. The van der Waals surface area contributed by atoms with Crippen molar-refractivity contribution in [2.24, 2.45) is 0 Å². The lowest BCUT2D eigenvalue weighted by atomic mass is 10.0. The molecule has 1 aliphatic heterocycles. The standard InChI is InChI=1S/C16H19N3O3S/c1-11-3-5-12(6-4-11)13-9-14(19-18-13)15(20)17-16(2)7-8-23(21,22)10-16/h3-6,9H,7-8,10H2,1-2H3,(H,17,20)(H,18,19). The van der Waals surface area contributed by atoms with E-state index in [0.717, 1.165) is 11.1 Å². The molecular weight excluding hydrogens is 314 g/mol. The molecule has 1 unspecified atom stereocenters. The van der Waals surface area contributed by atoms with Gasteiger partial charge in [-0.25, -0.2) is 8.42 Å². The van der Waals surface area contributed by atoms with Crippen molar-refractivity contribution in [3.63, 3.8) is 0 Å². The maximum atomic E-state index is 12.3. The Morgan fingerprint density at radius 1 is 1.30 bits per heavy atom. The summed E-state index contributed by atoms with van der Waals surface area (Å²) < 4.78 is 23.2. The van der Waals surface area contributed by atoms with Crippen LogP contribution in [-0.4, -0.2) is 41.6 Å². The van der Waals surface area contributed by atoms with Crippen LogP contribution in [0.5, 0.6) is 0 Å². The number of aryl methyl sites for hydroxylation is 1. The topological polar surface area (TPSA) is 91.9 Å². The number of aromatic amines is 1. The highest BCUT2D eigenvalue weighted by molar-refractivity contribution is 7.91. The minimum atomic E-state index is -3.06. The lowest BCUT2D eigenvalue weighted by Crippen LogP contribution is -2.47. The highest BCUT2D eigenvalue weighted by Gasteiger charge is 2.39. The molecular formula is C16H19N3O3S. The van der Waals surface area contributed by atoms with Crippen molar-refractivity contribution in [1.29, 1.82) is 0 Å². The summed E-state index contributed by atoms with van der Waals surface area (Å²) in [4.78, 5) is 12.3. The first-order chi connectivity index (χ1) is 10.8. The van der Waals surface area contributed by atoms with Gasteiger partial charge in [-0.05, 0) is 26.3 Å². The number of nitrogens with one attached hydrogen (secondary N) is 2. The number of benzene rings is 1. The molecule has 1 atom stereocenters. The average molecular weight is 333 g/mol. The van der Waals surface area contributed by atoms with Crippen molar-refractivity contribution in [1.82, 2.24) is 15.5 Å². The van der Waals surface area contributed by atoms with Gasteiger partial charge in [-0.3, -0.25) is 9.89 Å². The van der Waals surface area contributed by atoms with Gasteiger partial charge in [-0.2, -0.15) is 5.10 Å². The molecule has 0 bridgehead atoms. The van der Waals surface area contributed by atoms with Crippen molar-refractivity contribution in [3.8, 4) is 11.3 Å². The first-order valence-corrected chi connectivity index (χ1v) is 9.24. The van der Waals surface area contributed by atoms with Gasteiger partial charge in [0, 0.05) is 5.56 Å². The van der Waals surface area contributed by atoms with E-state index in [1.165, 1.54) is 0 Å². The first-order valence-electron chi connectivity index (χ1n) is 7.42. The van der Waals surface area contributed by atoms with E-state index < -0.39 is 15.4 Å². The number of sulfone groups is 1. The highest BCUT2D eigenvalue weighted by Crippen LogP contribution is 2.24. The number of amides is 1. The van der Waals surface area contributed by atoms with Crippen molar-refractivity contribution in [2.75, 3.05) is 11.5 Å². The molecule has 3 rings (SSSR count). The second-order valence-electron chi connectivity index (χ2n) is 6.39. The summed E-state index contributed by atoms with van der Waals surface area (Å²) in [6, 6.07) is 9.52. The molecule has 0 spiro atoms. The smallest absolute Gasteiger partial charge is 0.269 e. The van der Waals surface area contributed by atoms with Crippen LogP contribution in [0.25, 0.3) is 11.3 Å². The summed E-state index contributed by atoms with van der Waals surface area (Å²) >= 11 is 0. The predicted molar refractivity (Wildman–Crippen MR) is 87.9 cm³/mol. The highest BCUT2D eigenvalue weighted by atomic mass is 32.2. The molecule has 1 saturated heterocycles. The van der Waals surface area contributed by atoms with E-state index >= 15 is 0 Å². The quantitative estimate of drug-likeness (QED) is 0.894. The van der Waals surface area contributed by atoms with Gasteiger partial charge in [0.2, 0.25) is 0 Å². The first kappa shape index (κ1) is 15.7. The van der Waals surface area contributed by atoms with Gasteiger partial charge in [0.15, 0.2) is 9.84 Å². The fraction of sp³-hybridized carbons (Fsp3) is 0.375. The average Bonchev–Trinajstić information content (AvgIpc) is 3.05. The predicted octanol–water partition coefficient (Wildman–Crippen LogP) is 1.69. The van der Waals surface area contributed by atoms with E-state index in [1.807, 2.05) is 31.2 Å². The van der Waals surface area contributed by atoms with Crippen LogP contribution in [0, 0.1) is 6.92 Å². The molecule has 122 valence electrons. The molecule has 0 aliphatic carbocycles. The van der Waals surface area contributed by atoms with Gasteiger partial charge in [0.1, 0.15) is 5.69 Å². The summed E-state index contributed by atoms with van der Waals surface area (Å²) in [7, 11) is -3.06. The molecule has 2 aromatic rings. The van der Waals surface area contributed by atoms with Gasteiger partial charge in [-0.15, -0.1) is 0 Å². The van der Waals surface area contributed by atoms with Crippen LogP contribution < -0.4 is 5.32 Å². The van der Waals surface area contributed by atoms with Crippen molar-refractivity contribution in [2.45, 2.75) is 25.8 Å². The summed E-state index contributed by atoms with van der Waals surface area (Å²) in [5, 5.41) is 9.69. The molecule has 23 heavy (non-hydrogen) atoms. The number of nitrogens with zero attached hydrogens (tertiary/aromatic N) is 1. The van der Waals surface area contributed by atoms with E-state index in [9.17, 15) is 13.2 Å². The summed E-state index contributed by atoms with van der Waals surface area (Å²) in [6.07, 6.45) is 0.431. The SMILES string of the molecule is Cc1ccc(-c2cc(C(=O)NC3(C)CCS(=O)(=O)C3)[nH]n2)cc1. The van der Waals surface area contributed by atoms with Crippen molar-refractivity contribution < 1.29 is 13.2 Å². The number of H-pyrrole nitrogens is 1. The molecule has 1 aliphatic rings. The zero-order valence-corrected chi connectivity index (χ0v) is 13.9. The normalized spacial score (nSPS) is 22.9. The van der Waals surface area contributed by atoms with Gasteiger partial charge in [0.25, 0.3) is 5.91 Å². The number of aromatic nitrogens is 2. The van der Waals surface area contributed by atoms with Crippen LogP contribution in [0.4, 0.5) is 0 Å². The molecule has 0 radical (unpaired) electrons. The van der Waals surface area contributed by atoms with Gasteiger partial charge < -0.3 is 5.32 Å². The maximum absolute atomic E-state index is 12.3. The zero-order chi connectivity index (χ0) is 16.7. The molecule has 1 amide bonds. The molecule has 1 aromatic heterocycles. The van der Waals surface area contributed by atoms with E-state index in [2.05, 4.69) is 15.5 Å². The van der Waals surface area contributed by atoms with Gasteiger partial charge in [-0.1, -0.05) is 29.8 Å². The minimum Gasteiger partial charge on any atom is -0.345 e. The fourth-order valence-electron chi connectivity index (χ4n) is 2.76. The number of hydrogen-bond donors (Lipinski definition) is 2. The second-order valence-corrected chi connectivity index (χ2v) is 8.57. The van der Waals surface area contributed by atoms with E-state index in [1.54, 1.807) is 13.0 Å². The van der Waals surface area contributed by atoms with Crippen molar-refractivity contribution in [3.05, 3.63) is 41.6 Å². The summed E-state index contributed by atoms with van der Waals surface area (Å²) in [5.41, 5.74) is 2.36. The maximum Gasteiger partial charge on any atom is 0.269 e. The summed E-state index contributed by atoms with van der Waals surface area (Å²) in [6.45, 7) is 3.76. The molecule has 2 heterocycles. The molecule has 1 aromatic carbocycles. The Hall–Kier alpha value is -2.15. The summed E-state index contributed by atoms with van der Waals surface area (Å²) in [5.74, 6) is -0.248. The van der Waals surface area contributed by atoms with E-state index in [4.69, 9.17) is 0 Å². The molecule has 0 saturated carbocycles. The molecule has 2 N–H and O–H groups in total. The Kier molecular flexibility index (Phi) is 3.75.